The molecule has 4 rings (SSSR count). The highest BCUT2D eigenvalue weighted by Crippen LogP contribution is 2.36. The zero-order valence-electron chi connectivity index (χ0n) is 12.1. The molecule has 0 spiro atoms. The van der Waals surface area contributed by atoms with Crippen molar-refractivity contribution in [2.24, 2.45) is 0 Å². The molecule has 5 nitrogen and oxygen atoms in total. The second-order valence-electron chi connectivity index (χ2n) is 6.10. The second-order valence-corrected chi connectivity index (χ2v) is 6.10. The third-order valence-corrected chi connectivity index (χ3v) is 4.67. The van der Waals surface area contributed by atoms with Gasteiger partial charge in [-0.05, 0) is 37.5 Å². The van der Waals surface area contributed by atoms with Crippen LogP contribution in [0.5, 0.6) is 11.5 Å². The van der Waals surface area contributed by atoms with Gasteiger partial charge in [-0.2, -0.15) is 0 Å². The second kappa shape index (κ2) is 4.91. The van der Waals surface area contributed by atoms with E-state index >= 15 is 0 Å². The lowest BCUT2D eigenvalue weighted by atomic mass is 9.95. The zero-order chi connectivity index (χ0) is 14.4. The molecule has 0 aliphatic carbocycles. The summed E-state index contributed by atoms with van der Waals surface area (Å²) in [5, 5.41) is 6.68. The minimum Gasteiger partial charge on any atom is -0.451 e. The van der Waals surface area contributed by atoms with Gasteiger partial charge in [0.1, 0.15) is 0 Å². The lowest BCUT2D eigenvalue weighted by Gasteiger charge is -2.21. The van der Waals surface area contributed by atoms with Crippen LogP contribution in [0.3, 0.4) is 0 Å². The van der Waals surface area contributed by atoms with Gasteiger partial charge >= 0.3 is 0 Å². The number of carbonyl (C=O) groups is 1. The molecule has 0 saturated carbocycles. The number of benzene rings is 1. The number of hydrogen-bond donors (Lipinski definition) is 2. The van der Waals surface area contributed by atoms with Crippen LogP contribution in [0.2, 0.25) is 0 Å². The van der Waals surface area contributed by atoms with Crippen LogP contribution >= 0.6 is 0 Å². The SMILES string of the molecule is CCC1Oc2ccc(C(=O)N[C@@H]3C[C@H]4CC[C@@H]3N4)cc2O1. The van der Waals surface area contributed by atoms with E-state index in [0.717, 1.165) is 25.0 Å². The molecule has 3 aliphatic rings. The van der Waals surface area contributed by atoms with Gasteiger partial charge in [0.25, 0.3) is 5.91 Å². The summed E-state index contributed by atoms with van der Waals surface area (Å²) in [4.78, 5) is 12.4. The Kier molecular flexibility index (Phi) is 3.03. The van der Waals surface area contributed by atoms with Gasteiger partial charge in [-0.25, -0.2) is 0 Å². The molecule has 2 fully saturated rings. The number of hydrogen-bond acceptors (Lipinski definition) is 4. The number of amides is 1. The van der Waals surface area contributed by atoms with Crippen molar-refractivity contribution in [3.8, 4) is 11.5 Å². The van der Waals surface area contributed by atoms with Crippen molar-refractivity contribution in [1.82, 2.24) is 10.6 Å². The molecular formula is C16H20N2O3. The Hall–Kier alpha value is -1.75. The summed E-state index contributed by atoms with van der Waals surface area (Å²) in [5.74, 6) is 1.36. The van der Waals surface area contributed by atoms with Gasteiger partial charge in [-0.15, -0.1) is 0 Å². The standard InChI is InChI=1S/C16H20N2O3/c1-2-15-20-13-6-3-9(7-14(13)21-15)16(19)18-12-8-10-4-5-11(12)17-10/h3,6-7,10-12,15,17H,2,4-5,8H2,1H3,(H,18,19)/t10-,11+,12-,15?/m1/s1. The average molecular weight is 288 g/mol. The van der Waals surface area contributed by atoms with E-state index in [1.807, 2.05) is 13.0 Å². The van der Waals surface area contributed by atoms with Crippen LogP contribution in [0.4, 0.5) is 0 Å². The molecule has 112 valence electrons. The molecule has 3 aliphatic heterocycles. The third kappa shape index (κ3) is 2.25. The zero-order valence-corrected chi connectivity index (χ0v) is 12.1. The van der Waals surface area contributed by atoms with Crippen molar-refractivity contribution in [3.05, 3.63) is 23.8 Å². The molecule has 0 aromatic heterocycles. The number of fused-ring (bicyclic) bond motifs is 3. The van der Waals surface area contributed by atoms with Crippen molar-refractivity contribution >= 4 is 5.91 Å². The molecule has 1 amide bonds. The van der Waals surface area contributed by atoms with Crippen LogP contribution in [-0.2, 0) is 0 Å². The third-order valence-electron chi connectivity index (χ3n) is 4.67. The summed E-state index contributed by atoms with van der Waals surface area (Å²) in [5.41, 5.74) is 0.636. The van der Waals surface area contributed by atoms with E-state index in [0.29, 0.717) is 23.4 Å². The summed E-state index contributed by atoms with van der Waals surface area (Å²) in [6, 6.07) is 6.68. The maximum Gasteiger partial charge on any atom is 0.251 e. The predicted octanol–water partition coefficient (Wildman–Crippen LogP) is 1.82. The van der Waals surface area contributed by atoms with E-state index in [1.54, 1.807) is 12.1 Å². The quantitative estimate of drug-likeness (QED) is 0.890. The minimum atomic E-state index is -0.229. The maximum absolute atomic E-state index is 12.4. The highest BCUT2D eigenvalue weighted by Gasteiger charge is 2.39. The molecule has 2 bridgehead atoms. The van der Waals surface area contributed by atoms with Crippen LogP contribution in [0.15, 0.2) is 18.2 Å². The van der Waals surface area contributed by atoms with Gasteiger partial charge in [0.05, 0.1) is 0 Å². The normalized spacial score (nSPS) is 32.4. The molecule has 1 unspecified atom stereocenters. The molecule has 3 heterocycles. The van der Waals surface area contributed by atoms with E-state index in [4.69, 9.17) is 9.47 Å². The topological polar surface area (TPSA) is 59.6 Å². The van der Waals surface area contributed by atoms with Gasteiger partial charge < -0.3 is 20.1 Å². The number of carbonyl (C=O) groups excluding carboxylic acids is 1. The van der Waals surface area contributed by atoms with Crippen molar-refractivity contribution in [3.63, 3.8) is 0 Å². The average Bonchev–Trinajstić information content (AvgIpc) is 3.20. The van der Waals surface area contributed by atoms with E-state index in [9.17, 15) is 4.79 Å². The largest absolute Gasteiger partial charge is 0.451 e. The highest BCUT2D eigenvalue weighted by atomic mass is 16.7. The number of nitrogens with one attached hydrogen (secondary N) is 2. The van der Waals surface area contributed by atoms with Gasteiger partial charge in [0, 0.05) is 30.1 Å². The first-order chi connectivity index (χ1) is 10.2. The first-order valence-electron chi connectivity index (χ1n) is 7.77. The Morgan fingerprint density at radius 2 is 2.19 bits per heavy atom. The number of ether oxygens (including phenoxy) is 2. The van der Waals surface area contributed by atoms with Gasteiger partial charge in [0.15, 0.2) is 11.5 Å². The smallest absolute Gasteiger partial charge is 0.251 e. The molecule has 0 radical (unpaired) electrons. The van der Waals surface area contributed by atoms with E-state index in [2.05, 4.69) is 10.6 Å². The summed E-state index contributed by atoms with van der Waals surface area (Å²) in [7, 11) is 0. The summed E-state index contributed by atoms with van der Waals surface area (Å²) in [6.45, 7) is 2.01. The molecule has 4 atom stereocenters. The van der Waals surface area contributed by atoms with Crippen LogP contribution < -0.4 is 20.1 Å². The van der Waals surface area contributed by atoms with Gasteiger partial charge in [-0.1, -0.05) is 6.92 Å². The van der Waals surface area contributed by atoms with Crippen molar-refractivity contribution in [2.45, 2.75) is 57.0 Å². The first-order valence-corrected chi connectivity index (χ1v) is 7.77. The Morgan fingerprint density at radius 1 is 1.33 bits per heavy atom. The summed E-state index contributed by atoms with van der Waals surface area (Å²) in [6.07, 6.45) is 3.99. The summed E-state index contributed by atoms with van der Waals surface area (Å²) >= 11 is 0. The molecule has 2 N–H and O–H groups in total. The number of rotatable bonds is 3. The monoisotopic (exact) mass is 288 g/mol. The highest BCUT2D eigenvalue weighted by molar-refractivity contribution is 5.95. The Morgan fingerprint density at radius 3 is 2.90 bits per heavy atom. The summed E-state index contributed by atoms with van der Waals surface area (Å²) < 4.78 is 11.3. The lowest BCUT2D eigenvalue weighted by Crippen LogP contribution is -2.42. The van der Waals surface area contributed by atoms with Gasteiger partial charge in [0.2, 0.25) is 6.29 Å². The Bertz CT molecular complexity index is 575. The van der Waals surface area contributed by atoms with Crippen LogP contribution in [0, 0.1) is 0 Å². The Labute approximate surface area is 124 Å². The van der Waals surface area contributed by atoms with Crippen LogP contribution in [0.25, 0.3) is 0 Å². The molecule has 5 heteroatoms. The maximum atomic E-state index is 12.4. The van der Waals surface area contributed by atoms with Gasteiger partial charge in [-0.3, -0.25) is 4.79 Å². The van der Waals surface area contributed by atoms with E-state index in [-0.39, 0.29) is 18.2 Å². The van der Waals surface area contributed by atoms with Crippen LogP contribution in [-0.4, -0.2) is 30.3 Å². The molecule has 1 aromatic carbocycles. The van der Waals surface area contributed by atoms with Crippen molar-refractivity contribution in [2.75, 3.05) is 0 Å². The molecular weight excluding hydrogens is 268 g/mol. The lowest BCUT2D eigenvalue weighted by molar-refractivity contribution is 0.0464. The molecule has 21 heavy (non-hydrogen) atoms. The minimum absolute atomic E-state index is 0.0271. The Balaban J connectivity index is 1.46. The fourth-order valence-electron chi connectivity index (χ4n) is 3.55. The predicted molar refractivity (Wildman–Crippen MR) is 77.6 cm³/mol. The first kappa shape index (κ1) is 13.0. The van der Waals surface area contributed by atoms with Crippen molar-refractivity contribution in [1.29, 1.82) is 0 Å². The van der Waals surface area contributed by atoms with Crippen LogP contribution in [0.1, 0.15) is 43.0 Å². The van der Waals surface area contributed by atoms with E-state index in [1.165, 1.54) is 6.42 Å². The molecule has 1 aromatic rings. The fraction of sp³-hybridized carbons (Fsp3) is 0.562. The molecule has 2 saturated heterocycles. The fourth-order valence-corrected chi connectivity index (χ4v) is 3.55. The van der Waals surface area contributed by atoms with Crippen molar-refractivity contribution < 1.29 is 14.3 Å². The van der Waals surface area contributed by atoms with E-state index < -0.39 is 0 Å².